The average molecular weight is 292 g/mol. The van der Waals surface area contributed by atoms with Crippen LogP contribution in [0.5, 0.6) is 0 Å². The average Bonchev–Trinajstić information content (AvgIpc) is 2.90. The summed E-state index contributed by atoms with van der Waals surface area (Å²) in [7, 11) is 0. The fraction of sp³-hybridized carbons (Fsp3) is 0.625. The van der Waals surface area contributed by atoms with E-state index in [1.165, 1.54) is 0 Å². The maximum atomic E-state index is 12.5. The van der Waals surface area contributed by atoms with E-state index in [1.54, 1.807) is 6.07 Å². The van der Waals surface area contributed by atoms with Gasteiger partial charge in [-0.15, -0.1) is 0 Å². The van der Waals surface area contributed by atoms with Gasteiger partial charge in [-0.25, -0.2) is 4.79 Å². The Morgan fingerprint density at radius 1 is 1.48 bits per heavy atom. The van der Waals surface area contributed by atoms with Gasteiger partial charge in [0.1, 0.15) is 11.2 Å². The van der Waals surface area contributed by atoms with E-state index in [2.05, 4.69) is 5.32 Å². The zero-order valence-electron chi connectivity index (χ0n) is 12.8. The Hall–Kier alpha value is -1.78. The summed E-state index contributed by atoms with van der Waals surface area (Å²) in [6.07, 6.45) is 5.99. The predicted octanol–water partition coefficient (Wildman–Crippen LogP) is 2.66. The molecule has 2 rings (SSSR count). The highest BCUT2D eigenvalue weighted by Crippen LogP contribution is 2.34. The summed E-state index contributed by atoms with van der Waals surface area (Å²) in [6.45, 7) is 4.72. The molecule has 0 saturated heterocycles. The first-order chi connectivity index (χ1) is 10.0. The number of rotatable bonds is 5. The van der Waals surface area contributed by atoms with Gasteiger partial charge in [0, 0.05) is 12.7 Å². The molecule has 5 heteroatoms. The van der Waals surface area contributed by atoms with Crippen molar-refractivity contribution in [1.82, 2.24) is 9.88 Å². The number of amides is 1. The highest BCUT2D eigenvalue weighted by atomic mass is 16.4. The molecule has 2 unspecified atom stereocenters. The second-order valence-corrected chi connectivity index (χ2v) is 5.96. The monoisotopic (exact) mass is 292 g/mol. The third-order valence-electron chi connectivity index (χ3n) is 4.54. The number of aryl methyl sites for hydroxylation is 1. The summed E-state index contributed by atoms with van der Waals surface area (Å²) in [5.74, 6) is -1.26. The van der Waals surface area contributed by atoms with E-state index in [9.17, 15) is 14.7 Å². The van der Waals surface area contributed by atoms with Crippen molar-refractivity contribution in [3.8, 4) is 0 Å². The first kappa shape index (κ1) is 15.6. The molecule has 0 aliphatic heterocycles. The number of carboxylic acid groups (broad SMARTS) is 1. The Kier molecular flexibility index (Phi) is 4.70. The highest BCUT2D eigenvalue weighted by Gasteiger charge is 2.46. The van der Waals surface area contributed by atoms with Gasteiger partial charge in [0.25, 0.3) is 5.91 Å². The number of carboxylic acids is 1. The normalized spacial score (nSPS) is 25.5. The smallest absolute Gasteiger partial charge is 0.329 e. The third kappa shape index (κ3) is 2.96. The molecular weight excluding hydrogens is 268 g/mol. The van der Waals surface area contributed by atoms with Gasteiger partial charge in [0.2, 0.25) is 0 Å². The minimum atomic E-state index is -1.13. The molecule has 5 nitrogen and oxygen atoms in total. The predicted molar refractivity (Wildman–Crippen MR) is 80.2 cm³/mol. The van der Waals surface area contributed by atoms with Crippen LogP contribution in [0.2, 0.25) is 0 Å². The Balaban J connectivity index is 2.22. The minimum Gasteiger partial charge on any atom is -0.479 e. The molecule has 1 amide bonds. The van der Waals surface area contributed by atoms with Crippen LogP contribution in [0.4, 0.5) is 0 Å². The number of nitrogens with zero attached hydrogens (tertiary/aromatic N) is 1. The lowest BCUT2D eigenvalue weighted by Crippen LogP contribution is -2.60. The number of nitrogens with one attached hydrogen (secondary N) is 1. The largest absolute Gasteiger partial charge is 0.479 e. The standard InChI is InChI=1S/C16H24N2O3/c1-3-10-18-11-6-8-13(18)14(19)17-16(15(20)21)9-5-4-7-12(16)2/h6,8,11-12H,3-5,7,9-10H2,1-2H3,(H,17,19)(H,20,21). The fourth-order valence-corrected chi connectivity index (χ4v) is 3.23. The van der Waals surface area contributed by atoms with E-state index in [4.69, 9.17) is 0 Å². The maximum absolute atomic E-state index is 12.5. The zero-order chi connectivity index (χ0) is 15.5. The molecule has 1 aromatic rings. The number of aliphatic carboxylic acids is 1. The van der Waals surface area contributed by atoms with Crippen LogP contribution in [0.25, 0.3) is 0 Å². The van der Waals surface area contributed by atoms with Crippen molar-refractivity contribution >= 4 is 11.9 Å². The van der Waals surface area contributed by atoms with Gasteiger partial charge >= 0.3 is 5.97 Å². The quantitative estimate of drug-likeness (QED) is 0.876. The lowest BCUT2D eigenvalue weighted by atomic mass is 9.73. The zero-order valence-corrected chi connectivity index (χ0v) is 12.8. The summed E-state index contributed by atoms with van der Waals surface area (Å²) in [6, 6.07) is 3.57. The van der Waals surface area contributed by atoms with Crippen LogP contribution >= 0.6 is 0 Å². The molecule has 2 atom stereocenters. The van der Waals surface area contributed by atoms with E-state index in [-0.39, 0.29) is 11.8 Å². The lowest BCUT2D eigenvalue weighted by Gasteiger charge is -2.39. The molecule has 1 aliphatic rings. The second-order valence-electron chi connectivity index (χ2n) is 5.96. The molecule has 116 valence electrons. The number of hydrogen-bond donors (Lipinski definition) is 2. The summed E-state index contributed by atoms with van der Waals surface area (Å²) < 4.78 is 1.87. The van der Waals surface area contributed by atoms with Crippen molar-refractivity contribution in [1.29, 1.82) is 0 Å². The molecule has 0 bridgehead atoms. The lowest BCUT2D eigenvalue weighted by molar-refractivity contribution is -0.148. The van der Waals surface area contributed by atoms with Crippen LogP contribution in [0.1, 0.15) is 56.4 Å². The number of carbonyl (C=O) groups excluding carboxylic acids is 1. The van der Waals surface area contributed by atoms with Crippen molar-refractivity contribution in [2.45, 2.75) is 58.0 Å². The van der Waals surface area contributed by atoms with Crippen molar-refractivity contribution in [2.75, 3.05) is 0 Å². The van der Waals surface area contributed by atoms with E-state index < -0.39 is 11.5 Å². The number of aromatic nitrogens is 1. The van der Waals surface area contributed by atoms with Gasteiger partial charge in [-0.1, -0.05) is 26.7 Å². The van der Waals surface area contributed by atoms with E-state index in [0.29, 0.717) is 12.1 Å². The molecule has 0 radical (unpaired) electrons. The third-order valence-corrected chi connectivity index (χ3v) is 4.54. The topological polar surface area (TPSA) is 71.3 Å². The molecule has 21 heavy (non-hydrogen) atoms. The molecule has 1 heterocycles. The summed E-state index contributed by atoms with van der Waals surface area (Å²) in [4.78, 5) is 24.3. The van der Waals surface area contributed by atoms with E-state index in [0.717, 1.165) is 32.2 Å². The van der Waals surface area contributed by atoms with Gasteiger partial charge in [-0.3, -0.25) is 4.79 Å². The van der Waals surface area contributed by atoms with E-state index in [1.807, 2.05) is 30.7 Å². The van der Waals surface area contributed by atoms with Crippen LogP contribution < -0.4 is 5.32 Å². The van der Waals surface area contributed by atoms with Crippen molar-refractivity contribution in [3.63, 3.8) is 0 Å². The second kappa shape index (κ2) is 6.33. The minimum absolute atomic E-state index is 0.0534. The highest BCUT2D eigenvalue weighted by molar-refractivity contribution is 5.97. The first-order valence-electron chi connectivity index (χ1n) is 7.72. The van der Waals surface area contributed by atoms with Crippen molar-refractivity contribution < 1.29 is 14.7 Å². The Morgan fingerprint density at radius 3 is 2.86 bits per heavy atom. The molecule has 0 aromatic carbocycles. The van der Waals surface area contributed by atoms with Crippen molar-refractivity contribution in [3.05, 3.63) is 24.0 Å². The van der Waals surface area contributed by atoms with Gasteiger partial charge in [0.05, 0.1) is 0 Å². The van der Waals surface area contributed by atoms with Crippen molar-refractivity contribution in [2.24, 2.45) is 5.92 Å². The SMILES string of the molecule is CCCn1cccc1C(=O)NC1(C(=O)O)CCCCC1C. The summed E-state index contributed by atoms with van der Waals surface area (Å²) >= 11 is 0. The molecular formula is C16H24N2O3. The number of carbonyl (C=O) groups is 2. The molecule has 1 saturated carbocycles. The van der Waals surface area contributed by atoms with Gasteiger partial charge in [0.15, 0.2) is 0 Å². The molecule has 1 fully saturated rings. The Morgan fingerprint density at radius 2 is 2.24 bits per heavy atom. The van der Waals surface area contributed by atoms with Gasteiger partial charge in [-0.2, -0.15) is 0 Å². The Labute approximate surface area is 125 Å². The van der Waals surface area contributed by atoms with Crippen LogP contribution in [-0.2, 0) is 11.3 Å². The van der Waals surface area contributed by atoms with E-state index >= 15 is 0 Å². The number of hydrogen-bond acceptors (Lipinski definition) is 2. The first-order valence-corrected chi connectivity index (χ1v) is 7.72. The van der Waals surface area contributed by atoms with Crippen LogP contribution in [0.15, 0.2) is 18.3 Å². The Bertz CT molecular complexity index is 523. The fourth-order valence-electron chi connectivity index (χ4n) is 3.23. The maximum Gasteiger partial charge on any atom is 0.329 e. The molecule has 1 aliphatic carbocycles. The molecule has 1 aromatic heterocycles. The van der Waals surface area contributed by atoms with Crippen LogP contribution in [-0.4, -0.2) is 27.1 Å². The summed E-state index contributed by atoms with van der Waals surface area (Å²) in [5, 5.41) is 12.5. The van der Waals surface area contributed by atoms with Crippen LogP contribution in [0.3, 0.4) is 0 Å². The molecule has 2 N–H and O–H groups in total. The van der Waals surface area contributed by atoms with Gasteiger partial charge < -0.3 is 15.0 Å². The molecule has 0 spiro atoms. The van der Waals surface area contributed by atoms with Gasteiger partial charge in [-0.05, 0) is 37.3 Å². The summed E-state index contributed by atoms with van der Waals surface area (Å²) in [5.41, 5.74) is -0.591. The van der Waals surface area contributed by atoms with Crippen LogP contribution in [0, 0.1) is 5.92 Å².